The van der Waals surface area contributed by atoms with Gasteiger partial charge >= 0.3 is 6.18 Å². The Kier molecular flexibility index (Phi) is 4.96. The molecule has 0 aliphatic rings. The molecular formula is C14H10F3N5O2S2. The highest BCUT2D eigenvalue weighted by Gasteiger charge is 2.34. The largest absolute Gasteiger partial charge is 0.434 e. The van der Waals surface area contributed by atoms with Gasteiger partial charge in [-0.3, -0.25) is 10.1 Å². The zero-order chi connectivity index (χ0) is 18.9. The fourth-order valence-corrected chi connectivity index (χ4v) is 3.93. The third-order valence-corrected chi connectivity index (χ3v) is 5.24. The zero-order valence-corrected chi connectivity index (χ0v) is 14.7. The second-order valence-electron chi connectivity index (χ2n) is 4.95. The molecule has 3 rings (SSSR count). The molecule has 136 valence electrons. The van der Waals surface area contributed by atoms with E-state index in [1.54, 1.807) is 16.7 Å². The zero-order valence-electron chi connectivity index (χ0n) is 13.1. The number of hydrogen-bond acceptors (Lipinski definition) is 7. The van der Waals surface area contributed by atoms with Gasteiger partial charge in [0.2, 0.25) is 0 Å². The van der Waals surface area contributed by atoms with Gasteiger partial charge in [0.25, 0.3) is 5.69 Å². The fraction of sp³-hybridized carbons (Fsp3) is 0.214. The summed E-state index contributed by atoms with van der Waals surface area (Å²) in [7, 11) is 0. The van der Waals surface area contributed by atoms with Gasteiger partial charge in [-0.25, -0.2) is 4.98 Å². The van der Waals surface area contributed by atoms with E-state index < -0.39 is 16.8 Å². The maximum absolute atomic E-state index is 12.7. The summed E-state index contributed by atoms with van der Waals surface area (Å²) in [6.45, 7) is 2.31. The summed E-state index contributed by atoms with van der Waals surface area (Å²) in [4.78, 5) is 13.8. The number of nitrogens with zero attached hydrogens (tertiary/aromatic N) is 5. The SMILES string of the molecule is CCn1c(Sc2nc(C(F)(F)F)cs2)nnc1-c1ccc([N+](=O)[O-])cc1. The minimum Gasteiger partial charge on any atom is -0.302 e. The van der Waals surface area contributed by atoms with Crippen molar-refractivity contribution in [2.24, 2.45) is 0 Å². The molecule has 0 aliphatic heterocycles. The maximum atomic E-state index is 12.7. The van der Waals surface area contributed by atoms with Crippen LogP contribution in [-0.2, 0) is 12.7 Å². The molecule has 26 heavy (non-hydrogen) atoms. The van der Waals surface area contributed by atoms with E-state index >= 15 is 0 Å². The summed E-state index contributed by atoms with van der Waals surface area (Å²) >= 11 is 1.86. The Morgan fingerprint density at radius 1 is 1.27 bits per heavy atom. The predicted molar refractivity (Wildman–Crippen MR) is 89.0 cm³/mol. The number of aromatic nitrogens is 4. The van der Waals surface area contributed by atoms with Crippen molar-refractivity contribution in [2.75, 3.05) is 0 Å². The molecule has 0 amide bonds. The van der Waals surface area contributed by atoms with Gasteiger partial charge in [-0.2, -0.15) is 13.2 Å². The van der Waals surface area contributed by atoms with Crippen molar-refractivity contribution >= 4 is 28.8 Å². The lowest BCUT2D eigenvalue weighted by Crippen LogP contribution is -2.04. The summed E-state index contributed by atoms with van der Waals surface area (Å²) in [5.74, 6) is 0.470. The van der Waals surface area contributed by atoms with E-state index in [9.17, 15) is 23.3 Å². The summed E-state index contributed by atoms with van der Waals surface area (Å²) in [5.41, 5.74) is -0.372. The lowest BCUT2D eigenvalue weighted by Gasteiger charge is -2.06. The average Bonchev–Trinajstić information content (AvgIpc) is 3.22. The number of rotatable bonds is 5. The summed E-state index contributed by atoms with van der Waals surface area (Å²) in [5, 5.41) is 20.2. The molecule has 1 aromatic carbocycles. The molecule has 0 fully saturated rings. The van der Waals surface area contributed by atoms with E-state index in [1.165, 1.54) is 12.1 Å². The second kappa shape index (κ2) is 7.03. The molecule has 3 aromatic rings. The third kappa shape index (κ3) is 3.70. The first kappa shape index (κ1) is 18.3. The first-order chi connectivity index (χ1) is 12.3. The van der Waals surface area contributed by atoms with Gasteiger partial charge < -0.3 is 4.57 Å². The summed E-state index contributed by atoms with van der Waals surface area (Å²) in [6.07, 6.45) is -4.49. The number of nitro benzene ring substituents is 1. The van der Waals surface area contributed by atoms with E-state index in [0.717, 1.165) is 28.5 Å². The van der Waals surface area contributed by atoms with Gasteiger partial charge in [0.1, 0.15) is 0 Å². The minimum atomic E-state index is -4.49. The second-order valence-corrected chi connectivity index (χ2v) is 7.03. The average molecular weight is 401 g/mol. The Labute approximate surface area is 153 Å². The van der Waals surface area contributed by atoms with E-state index in [0.29, 0.717) is 23.1 Å². The molecule has 0 radical (unpaired) electrons. The molecule has 2 heterocycles. The minimum absolute atomic E-state index is 0.0478. The van der Waals surface area contributed by atoms with Crippen molar-refractivity contribution < 1.29 is 18.1 Å². The van der Waals surface area contributed by atoms with Crippen molar-refractivity contribution in [1.82, 2.24) is 19.7 Å². The van der Waals surface area contributed by atoms with E-state index in [2.05, 4.69) is 15.2 Å². The first-order valence-corrected chi connectivity index (χ1v) is 8.87. The normalized spacial score (nSPS) is 11.7. The molecule has 0 aliphatic carbocycles. The lowest BCUT2D eigenvalue weighted by atomic mass is 10.2. The van der Waals surface area contributed by atoms with Crippen LogP contribution in [0.1, 0.15) is 12.6 Å². The molecule has 0 spiro atoms. The van der Waals surface area contributed by atoms with Crippen LogP contribution in [0.4, 0.5) is 18.9 Å². The van der Waals surface area contributed by atoms with Crippen LogP contribution in [0.2, 0.25) is 0 Å². The highest BCUT2D eigenvalue weighted by atomic mass is 32.2. The number of non-ortho nitro benzene ring substituents is 1. The Hall–Kier alpha value is -2.47. The maximum Gasteiger partial charge on any atom is 0.434 e. The quantitative estimate of drug-likeness (QED) is 0.462. The topological polar surface area (TPSA) is 86.7 Å². The van der Waals surface area contributed by atoms with Crippen molar-refractivity contribution in [3.05, 3.63) is 45.5 Å². The van der Waals surface area contributed by atoms with Crippen molar-refractivity contribution in [2.45, 2.75) is 29.1 Å². The van der Waals surface area contributed by atoms with E-state index in [1.807, 2.05) is 6.92 Å². The molecule has 0 atom stereocenters. The monoisotopic (exact) mass is 401 g/mol. The molecule has 0 saturated carbocycles. The van der Waals surface area contributed by atoms with Crippen LogP contribution in [0.5, 0.6) is 0 Å². The predicted octanol–water partition coefficient (Wildman–Crippen LogP) is 4.50. The van der Waals surface area contributed by atoms with Crippen LogP contribution in [0, 0.1) is 10.1 Å². The van der Waals surface area contributed by atoms with Crippen LogP contribution in [0.25, 0.3) is 11.4 Å². The van der Waals surface area contributed by atoms with E-state index in [-0.39, 0.29) is 10.0 Å². The van der Waals surface area contributed by atoms with E-state index in [4.69, 9.17) is 0 Å². The van der Waals surface area contributed by atoms with Gasteiger partial charge in [-0.1, -0.05) is 0 Å². The van der Waals surface area contributed by atoms with Crippen molar-refractivity contribution in [1.29, 1.82) is 0 Å². The number of halogens is 3. The molecule has 0 unspecified atom stereocenters. The molecule has 0 N–H and O–H groups in total. The number of benzene rings is 1. The fourth-order valence-electron chi connectivity index (χ4n) is 2.11. The van der Waals surface area contributed by atoms with Crippen molar-refractivity contribution in [3.8, 4) is 11.4 Å². The van der Waals surface area contributed by atoms with Crippen LogP contribution in [0.3, 0.4) is 0 Å². The Bertz CT molecular complexity index is 937. The molecule has 0 bridgehead atoms. The number of hydrogen-bond donors (Lipinski definition) is 0. The number of thiazole rings is 1. The van der Waals surface area contributed by atoms with Gasteiger partial charge in [-0.15, -0.1) is 21.5 Å². The highest BCUT2D eigenvalue weighted by molar-refractivity contribution is 8.00. The summed E-state index contributed by atoms with van der Waals surface area (Å²) < 4.78 is 39.9. The third-order valence-electron chi connectivity index (χ3n) is 3.32. The molecule has 2 aromatic heterocycles. The van der Waals surface area contributed by atoms with Gasteiger partial charge in [0.15, 0.2) is 21.0 Å². The van der Waals surface area contributed by atoms with Gasteiger partial charge in [-0.05, 0) is 30.8 Å². The smallest absolute Gasteiger partial charge is 0.302 e. The van der Waals surface area contributed by atoms with Gasteiger partial charge in [0.05, 0.1) is 4.92 Å². The molecular weight excluding hydrogens is 391 g/mol. The lowest BCUT2D eigenvalue weighted by molar-refractivity contribution is -0.384. The highest BCUT2D eigenvalue weighted by Crippen LogP contribution is 2.36. The number of alkyl halides is 3. The molecule has 0 saturated heterocycles. The van der Waals surface area contributed by atoms with Crippen LogP contribution >= 0.6 is 23.1 Å². The van der Waals surface area contributed by atoms with Crippen molar-refractivity contribution in [3.63, 3.8) is 0 Å². The molecule has 12 heteroatoms. The Morgan fingerprint density at radius 2 is 1.96 bits per heavy atom. The number of nitro groups is 1. The van der Waals surface area contributed by atoms with Crippen LogP contribution < -0.4 is 0 Å². The molecule has 7 nitrogen and oxygen atoms in total. The summed E-state index contributed by atoms with van der Waals surface area (Å²) in [6, 6.07) is 5.81. The Morgan fingerprint density at radius 3 is 2.50 bits per heavy atom. The van der Waals surface area contributed by atoms with Crippen LogP contribution in [0.15, 0.2) is 39.1 Å². The standard InChI is InChI=1S/C14H10F3N5O2S2/c1-2-21-11(8-3-5-9(6-4-8)22(23)24)19-20-12(21)26-13-18-10(7-25-13)14(15,16)17/h3-7H,2H2,1H3. The Balaban J connectivity index is 1.88. The van der Waals surface area contributed by atoms with Gasteiger partial charge in [0, 0.05) is 29.6 Å². The first-order valence-electron chi connectivity index (χ1n) is 7.18. The van der Waals surface area contributed by atoms with Crippen LogP contribution in [-0.4, -0.2) is 24.7 Å².